The fraction of sp³-hybridized carbons (Fsp3) is 0.750. The van der Waals surface area contributed by atoms with E-state index in [1.54, 1.807) is 0 Å². The summed E-state index contributed by atoms with van der Waals surface area (Å²) in [5, 5.41) is 1.21. The Kier molecular flexibility index (Phi) is 4.18. The molecule has 0 amide bonds. The molecule has 1 saturated heterocycles. The Morgan fingerprint density at radius 3 is 2.56 bits per heavy atom. The highest BCUT2D eigenvalue weighted by Gasteiger charge is 2.15. The highest BCUT2D eigenvalue weighted by atomic mass is 32.1. The standard InChI is InChI=1S/C12H21N3S/c1-10-11(6-7-13)16-12(14-10)15-8-4-2-3-5-9-15/h2-9,13H2,1H3. The van der Waals surface area contributed by atoms with Crippen molar-refractivity contribution in [1.29, 1.82) is 0 Å². The molecule has 1 aromatic rings. The third-order valence-corrected chi connectivity index (χ3v) is 4.41. The molecule has 2 heterocycles. The summed E-state index contributed by atoms with van der Waals surface area (Å²) in [5.41, 5.74) is 6.78. The largest absolute Gasteiger partial charge is 0.348 e. The second kappa shape index (κ2) is 5.64. The SMILES string of the molecule is Cc1nc(N2CCCCCC2)sc1CCN. The van der Waals surface area contributed by atoms with E-state index in [2.05, 4.69) is 16.8 Å². The fourth-order valence-corrected chi connectivity index (χ4v) is 3.30. The van der Waals surface area contributed by atoms with Crippen molar-refractivity contribution in [2.45, 2.75) is 39.0 Å². The molecular formula is C12H21N3S. The van der Waals surface area contributed by atoms with Crippen molar-refractivity contribution < 1.29 is 0 Å². The molecule has 0 spiro atoms. The molecular weight excluding hydrogens is 218 g/mol. The first-order valence-electron chi connectivity index (χ1n) is 6.22. The minimum absolute atomic E-state index is 0.725. The van der Waals surface area contributed by atoms with Crippen LogP contribution in [0.4, 0.5) is 5.13 Å². The van der Waals surface area contributed by atoms with Gasteiger partial charge in [-0.3, -0.25) is 0 Å². The van der Waals surface area contributed by atoms with E-state index < -0.39 is 0 Å². The number of hydrogen-bond donors (Lipinski definition) is 1. The number of hydrogen-bond acceptors (Lipinski definition) is 4. The topological polar surface area (TPSA) is 42.2 Å². The predicted octanol–water partition coefficient (Wildman–Crippen LogP) is 2.33. The van der Waals surface area contributed by atoms with Gasteiger partial charge in [0.05, 0.1) is 5.69 Å². The van der Waals surface area contributed by atoms with E-state index in [0.717, 1.165) is 13.0 Å². The van der Waals surface area contributed by atoms with Gasteiger partial charge < -0.3 is 10.6 Å². The number of rotatable bonds is 3. The summed E-state index contributed by atoms with van der Waals surface area (Å²) in [6.45, 7) is 5.18. The Morgan fingerprint density at radius 2 is 1.94 bits per heavy atom. The smallest absolute Gasteiger partial charge is 0.185 e. The van der Waals surface area contributed by atoms with Gasteiger partial charge in [-0.15, -0.1) is 11.3 Å². The maximum absolute atomic E-state index is 5.61. The summed E-state index contributed by atoms with van der Waals surface area (Å²) in [5.74, 6) is 0. The molecule has 0 radical (unpaired) electrons. The Bertz CT molecular complexity index is 327. The number of aryl methyl sites for hydroxylation is 1. The first-order chi connectivity index (χ1) is 7.81. The number of thiazole rings is 1. The molecule has 3 nitrogen and oxygen atoms in total. The zero-order chi connectivity index (χ0) is 11.4. The predicted molar refractivity (Wildman–Crippen MR) is 70.3 cm³/mol. The molecule has 1 aliphatic heterocycles. The quantitative estimate of drug-likeness (QED) is 0.880. The summed E-state index contributed by atoms with van der Waals surface area (Å²) in [4.78, 5) is 8.50. The highest BCUT2D eigenvalue weighted by molar-refractivity contribution is 7.15. The molecule has 0 aromatic carbocycles. The van der Waals surface area contributed by atoms with Crippen LogP contribution in [0.1, 0.15) is 36.3 Å². The van der Waals surface area contributed by atoms with Gasteiger partial charge in [0, 0.05) is 18.0 Å². The molecule has 16 heavy (non-hydrogen) atoms. The Balaban J connectivity index is 2.09. The van der Waals surface area contributed by atoms with Gasteiger partial charge in [-0.2, -0.15) is 0 Å². The highest BCUT2D eigenvalue weighted by Crippen LogP contribution is 2.28. The number of nitrogens with zero attached hydrogens (tertiary/aromatic N) is 2. The number of nitrogens with two attached hydrogens (primary N) is 1. The summed E-state index contributed by atoms with van der Waals surface area (Å²) in [6.07, 6.45) is 6.33. The third-order valence-electron chi connectivity index (χ3n) is 3.13. The second-order valence-corrected chi connectivity index (χ2v) is 5.51. The van der Waals surface area contributed by atoms with Crippen LogP contribution >= 0.6 is 11.3 Å². The van der Waals surface area contributed by atoms with E-state index >= 15 is 0 Å². The fourth-order valence-electron chi connectivity index (χ4n) is 2.17. The van der Waals surface area contributed by atoms with Gasteiger partial charge in [-0.05, 0) is 32.7 Å². The van der Waals surface area contributed by atoms with Crippen molar-refractivity contribution in [2.24, 2.45) is 5.73 Å². The lowest BCUT2D eigenvalue weighted by atomic mass is 10.2. The van der Waals surface area contributed by atoms with Gasteiger partial charge in [0.1, 0.15) is 0 Å². The van der Waals surface area contributed by atoms with E-state index in [0.29, 0.717) is 0 Å². The van der Waals surface area contributed by atoms with Gasteiger partial charge in [0.15, 0.2) is 5.13 Å². The summed E-state index contributed by atoms with van der Waals surface area (Å²) >= 11 is 1.83. The van der Waals surface area contributed by atoms with E-state index in [4.69, 9.17) is 5.73 Å². The third kappa shape index (κ3) is 2.74. The lowest BCUT2D eigenvalue weighted by Gasteiger charge is -2.18. The second-order valence-electron chi connectivity index (χ2n) is 4.44. The van der Waals surface area contributed by atoms with Gasteiger partial charge >= 0.3 is 0 Å². The van der Waals surface area contributed by atoms with E-state index in [1.165, 1.54) is 54.5 Å². The first-order valence-corrected chi connectivity index (χ1v) is 7.04. The molecule has 2 N–H and O–H groups in total. The summed E-state index contributed by atoms with van der Waals surface area (Å²) < 4.78 is 0. The van der Waals surface area contributed by atoms with E-state index in [-0.39, 0.29) is 0 Å². The molecule has 0 saturated carbocycles. The zero-order valence-corrected chi connectivity index (χ0v) is 10.9. The monoisotopic (exact) mass is 239 g/mol. The zero-order valence-electron chi connectivity index (χ0n) is 10.0. The van der Waals surface area contributed by atoms with Crippen molar-refractivity contribution in [3.05, 3.63) is 10.6 Å². The summed E-state index contributed by atoms with van der Waals surface area (Å²) in [7, 11) is 0. The van der Waals surface area contributed by atoms with Gasteiger partial charge in [-0.25, -0.2) is 4.98 Å². The van der Waals surface area contributed by atoms with Gasteiger partial charge in [-0.1, -0.05) is 12.8 Å². The molecule has 4 heteroatoms. The Labute approximate surface area is 102 Å². The van der Waals surface area contributed by atoms with Crippen molar-refractivity contribution in [3.63, 3.8) is 0 Å². The average molecular weight is 239 g/mol. The molecule has 2 rings (SSSR count). The van der Waals surface area contributed by atoms with Crippen molar-refractivity contribution in [3.8, 4) is 0 Å². The number of aromatic nitrogens is 1. The molecule has 0 unspecified atom stereocenters. The molecule has 0 atom stereocenters. The minimum atomic E-state index is 0.725. The van der Waals surface area contributed by atoms with Crippen LogP contribution in [-0.4, -0.2) is 24.6 Å². The van der Waals surface area contributed by atoms with Crippen LogP contribution in [0.15, 0.2) is 0 Å². The van der Waals surface area contributed by atoms with Crippen LogP contribution < -0.4 is 10.6 Å². The van der Waals surface area contributed by atoms with Gasteiger partial charge in [0.2, 0.25) is 0 Å². The van der Waals surface area contributed by atoms with Crippen LogP contribution in [0.3, 0.4) is 0 Å². The van der Waals surface area contributed by atoms with Crippen LogP contribution in [0, 0.1) is 6.92 Å². The Morgan fingerprint density at radius 1 is 1.25 bits per heavy atom. The van der Waals surface area contributed by atoms with E-state index in [9.17, 15) is 0 Å². The minimum Gasteiger partial charge on any atom is -0.348 e. The molecule has 1 aromatic heterocycles. The van der Waals surface area contributed by atoms with Crippen molar-refractivity contribution in [1.82, 2.24) is 4.98 Å². The average Bonchev–Trinajstić information content (AvgIpc) is 2.54. The Hall–Kier alpha value is -0.610. The molecule has 0 aliphatic carbocycles. The number of anilines is 1. The van der Waals surface area contributed by atoms with Crippen LogP contribution in [0.5, 0.6) is 0 Å². The maximum Gasteiger partial charge on any atom is 0.185 e. The lowest BCUT2D eigenvalue weighted by molar-refractivity contribution is 0.726. The molecule has 1 aliphatic rings. The van der Waals surface area contributed by atoms with E-state index in [1.807, 2.05) is 11.3 Å². The van der Waals surface area contributed by atoms with Crippen molar-refractivity contribution >= 4 is 16.5 Å². The molecule has 1 fully saturated rings. The summed E-state index contributed by atoms with van der Waals surface area (Å²) in [6, 6.07) is 0. The van der Waals surface area contributed by atoms with Crippen LogP contribution in [0.25, 0.3) is 0 Å². The lowest BCUT2D eigenvalue weighted by Crippen LogP contribution is -2.23. The first kappa shape index (κ1) is 11.9. The van der Waals surface area contributed by atoms with Gasteiger partial charge in [0.25, 0.3) is 0 Å². The maximum atomic E-state index is 5.61. The molecule has 0 bridgehead atoms. The van der Waals surface area contributed by atoms with Crippen molar-refractivity contribution in [2.75, 3.05) is 24.5 Å². The van der Waals surface area contributed by atoms with Crippen LogP contribution in [-0.2, 0) is 6.42 Å². The normalized spacial score (nSPS) is 17.5. The molecule has 90 valence electrons. The van der Waals surface area contributed by atoms with Crippen LogP contribution in [0.2, 0.25) is 0 Å².